The van der Waals surface area contributed by atoms with Crippen LogP contribution in [0, 0.1) is 22.7 Å². The molecule has 5 aliphatic heterocycles. The Hall–Kier alpha value is -3.22. The molecule has 5 aromatic carbocycles. The predicted octanol–water partition coefficient (Wildman–Crippen LogP) is 18.2. The van der Waals surface area contributed by atoms with Crippen molar-refractivity contribution < 1.29 is 4.79 Å². The van der Waals surface area contributed by atoms with Crippen molar-refractivity contribution in [1.29, 1.82) is 10.5 Å². The van der Waals surface area contributed by atoms with E-state index in [1.165, 1.54) is 56.2 Å². The van der Waals surface area contributed by atoms with Crippen molar-refractivity contribution in [2.45, 2.75) is 91.3 Å². The number of benzene rings is 5. The van der Waals surface area contributed by atoms with E-state index in [-0.39, 0.29) is 64.3 Å². The Morgan fingerprint density at radius 2 is 0.798 bits per heavy atom. The SMILES string of the molecule is CN(CCCl)CCCl.CN1CCC(C#N)(c2ccc(Cl)cc2)CC1.CN1CCC(C#N)(c2ccc(Cl)cc2)CC1.CN1CCC(C=O)(c2ccc(Cl)cc2)CC1.CNCC1(c2ccc(Cl)cc2)CCN(C)CC1.CNCC1(c2ccc(Cl)cc2)CCNCC1.Cl.Cl.Cl.ClCCNCCCl.Clc1ncnc2[nH]ccc12. The molecule has 7 aromatic rings. The van der Waals surface area contributed by atoms with Gasteiger partial charge in [0, 0.05) is 105 Å². The van der Waals surface area contributed by atoms with Gasteiger partial charge in [0.05, 0.1) is 33.8 Å². The van der Waals surface area contributed by atoms with Crippen LogP contribution in [0.2, 0.25) is 30.3 Å². The second-order valence-corrected chi connectivity index (χ2v) is 32.0. The molecule has 12 rings (SSSR count). The minimum absolute atomic E-state index is 0. The van der Waals surface area contributed by atoms with Crippen molar-refractivity contribution in [2.75, 3.05) is 178 Å². The fourth-order valence-corrected chi connectivity index (χ4v) is 15.3. The number of H-pyrrole nitrogens is 1. The number of nitrogens with zero attached hydrogens (tertiary/aromatic N) is 9. The lowest BCUT2D eigenvalue weighted by molar-refractivity contribution is -0.114. The number of aromatic nitrogens is 3. The first kappa shape index (κ1) is 102. The third kappa shape index (κ3) is 33.5. The average molecular weight is 1760 g/mol. The molecular weight excluding hydrogens is 1650 g/mol. The zero-order valence-corrected chi connectivity index (χ0v) is 74.0. The van der Waals surface area contributed by atoms with E-state index in [0.717, 1.165) is 189 Å². The van der Waals surface area contributed by atoms with Crippen molar-refractivity contribution in [3.63, 3.8) is 0 Å². The van der Waals surface area contributed by atoms with E-state index in [9.17, 15) is 15.3 Å². The average Bonchev–Trinajstić information content (AvgIpc) is 1.25. The molecule has 0 amide bonds. The number of alkyl halides is 4. The smallest absolute Gasteiger partial charge is 0.142 e. The van der Waals surface area contributed by atoms with Gasteiger partial charge in [0.15, 0.2) is 0 Å². The van der Waals surface area contributed by atoms with Crippen molar-refractivity contribution in [3.05, 3.63) is 198 Å². The number of aldehydes is 1. The summed E-state index contributed by atoms with van der Waals surface area (Å²) in [5.74, 6) is 2.70. The Labute approximate surface area is 719 Å². The monoisotopic (exact) mass is 1750 g/mol. The largest absolute Gasteiger partial charge is 0.346 e. The van der Waals surface area contributed by atoms with Crippen molar-refractivity contribution in [2.24, 2.45) is 0 Å². The van der Waals surface area contributed by atoms with Crippen LogP contribution >= 0.6 is 153 Å². The molecule has 5 aliphatic rings. The van der Waals surface area contributed by atoms with E-state index in [2.05, 4.69) is 125 Å². The van der Waals surface area contributed by atoms with Gasteiger partial charge in [0.2, 0.25) is 0 Å². The second-order valence-electron chi connectivity index (χ2n) is 28.0. The second kappa shape index (κ2) is 54.6. The number of hydrogen-bond acceptors (Lipinski definition) is 14. The molecule has 109 heavy (non-hydrogen) atoms. The maximum Gasteiger partial charge on any atom is 0.142 e. The van der Waals surface area contributed by atoms with Crippen LogP contribution in [0.4, 0.5) is 0 Å². The number of likely N-dealkylation sites (N-methyl/N-ethyl adjacent to an activating group) is 2. The maximum absolute atomic E-state index is 11.4. The van der Waals surface area contributed by atoms with Crippen LogP contribution in [0.5, 0.6) is 0 Å². The highest BCUT2D eigenvalue weighted by Crippen LogP contribution is 2.39. The van der Waals surface area contributed by atoms with Crippen LogP contribution in [0.25, 0.3) is 11.0 Å². The molecule has 0 radical (unpaired) electrons. The summed E-state index contributed by atoms with van der Waals surface area (Å²) in [7, 11) is 14.6. The molecular formula is C81H113Cl13N14O. The lowest BCUT2D eigenvalue weighted by Crippen LogP contribution is -2.46. The molecule has 15 nitrogen and oxygen atoms in total. The molecule has 5 saturated heterocycles. The molecule has 7 heterocycles. The maximum atomic E-state index is 11.4. The summed E-state index contributed by atoms with van der Waals surface area (Å²) >= 11 is 56.8. The van der Waals surface area contributed by atoms with E-state index in [1.807, 2.05) is 124 Å². The Kier molecular flexibility index (Phi) is 51.0. The van der Waals surface area contributed by atoms with Crippen molar-refractivity contribution >= 4 is 171 Å². The minimum Gasteiger partial charge on any atom is -0.346 e. The molecule has 0 atom stereocenters. The van der Waals surface area contributed by atoms with Gasteiger partial charge < -0.3 is 55.5 Å². The molecule has 0 unspecified atom stereocenters. The molecule has 28 heteroatoms. The molecule has 0 bridgehead atoms. The fourth-order valence-electron chi connectivity index (χ4n) is 13.6. The van der Waals surface area contributed by atoms with Gasteiger partial charge in [-0.15, -0.1) is 83.6 Å². The summed E-state index contributed by atoms with van der Waals surface area (Å²) in [4.78, 5) is 33.4. The molecule has 604 valence electrons. The highest BCUT2D eigenvalue weighted by atomic mass is 35.5. The Bertz CT molecular complexity index is 3530. The lowest BCUT2D eigenvalue weighted by atomic mass is 9.73. The number of rotatable bonds is 18. The summed E-state index contributed by atoms with van der Waals surface area (Å²) in [6.45, 7) is 16.1. The normalized spacial score (nSPS) is 17.4. The first-order valence-corrected chi connectivity index (χ1v) is 40.8. The third-order valence-corrected chi connectivity index (χ3v) is 22.9. The van der Waals surface area contributed by atoms with Crippen molar-refractivity contribution in [1.82, 2.24) is 60.7 Å². The highest BCUT2D eigenvalue weighted by molar-refractivity contribution is 6.34. The highest BCUT2D eigenvalue weighted by Gasteiger charge is 2.39. The lowest BCUT2D eigenvalue weighted by Gasteiger charge is -2.41. The standard InChI is InChI=1S/C14H21ClN2.2C13H15ClN2.C13H19ClN2.C13H16ClNO.C6H4ClN3.C5H11Cl2N.C4H9Cl2N.3ClH/c1-16-11-14(7-9-17(2)10-8-14)12-3-5-13(15)6-4-12;2*1-16-8-6-13(10-15,7-9-16)11-2-4-12(14)5-3-11;1-15-10-13(6-8-16-9-7-13)11-2-4-12(14)5-3-11;1-15-8-6-13(10-16,7-9-15)11-2-4-12(14)5-3-11;7-5-4-1-2-8-6(4)10-3-9-5;1-8(4-2-6)5-3-7;5-1-3-7-4-2-6;;;/h3-6,16H,7-11H2,1-2H3;2*2-5H,6-9H2,1H3;2-5,15-16H,6-10H2,1H3;2-5,10H,6-9H2,1H3;1-3H,(H,8,9,10);2-5H2,1H3;7H,1-4H2;3*1H. The predicted molar refractivity (Wildman–Crippen MR) is 474 cm³/mol. The van der Waals surface area contributed by atoms with E-state index in [4.69, 9.17) is 116 Å². The molecule has 0 aliphatic carbocycles. The van der Waals surface area contributed by atoms with Crippen LogP contribution in [0.1, 0.15) is 92.0 Å². The number of nitriles is 2. The minimum atomic E-state index is -0.308. The Balaban J connectivity index is 0.000000428. The molecule has 2 aromatic heterocycles. The summed E-state index contributed by atoms with van der Waals surface area (Å²) in [6, 6.07) is 46.7. The van der Waals surface area contributed by atoms with Gasteiger partial charge in [-0.25, -0.2) is 9.97 Å². The molecule has 5 N–H and O–H groups in total. The van der Waals surface area contributed by atoms with E-state index >= 15 is 0 Å². The number of halogens is 13. The van der Waals surface area contributed by atoms with E-state index < -0.39 is 0 Å². The van der Waals surface area contributed by atoms with Gasteiger partial charge in [0.1, 0.15) is 23.4 Å². The van der Waals surface area contributed by atoms with Crippen molar-refractivity contribution in [3.8, 4) is 12.1 Å². The topological polar surface area (TPSA) is 171 Å². The number of carbonyl (C=O) groups is 1. The first-order chi connectivity index (χ1) is 51.0. The van der Waals surface area contributed by atoms with Crippen LogP contribution in [0.3, 0.4) is 0 Å². The summed E-state index contributed by atoms with van der Waals surface area (Å²) in [6.07, 6.45) is 14.5. The Morgan fingerprint density at radius 3 is 1.12 bits per heavy atom. The van der Waals surface area contributed by atoms with Gasteiger partial charge in [-0.05, 0) is 274 Å². The first-order valence-electron chi connectivity index (χ1n) is 36.4. The number of fused-ring (bicyclic) bond motifs is 1. The number of aromatic amines is 1. The van der Waals surface area contributed by atoms with E-state index in [0.29, 0.717) is 28.7 Å². The summed E-state index contributed by atoms with van der Waals surface area (Å²) < 4.78 is 0. The zero-order valence-electron chi connectivity index (χ0n) is 64.0. The van der Waals surface area contributed by atoms with Gasteiger partial charge in [0.25, 0.3) is 0 Å². The van der Waals surface area contributed by atoms with Gasteiger partial charge in [-0.2, -0.15) is 10.5 Å². The zero-order chi connectivity index (χ0) is 77.4. The van der Waals surface area contributed by atoms with Crippen LogP contribution < -0.4 is 21.3 Å². The third-order valence-electron chi connectivity index (χ3n) is 20.7. The quantitative estimate of drug-likeness (QED) is 0.0238. The van der Waals surface area contributed by atoms with E-state index in [1.54, 1.807) is 6.20 Å². The fraction of sp³-hybridized carbons (Fsp3) is 0.519. The van der Waals surface area contributed by atoms with Gasteiger partial charge in [-0.1, -0.05) is 130 Å². The molecule has 0 saturated carbocycles. The summed E-state index contributed by atoms with van der Waals surface area (Å²) in [5.41, 5.74) is 6.57. The molecule has 0 spiro atoms. The van der Waals surface area contributed by atoms with Crippen LogP contribution in [-0.4, -0.2) is 223 Å². The van der Waals surface area contributed by atoms with Gasteiger partial charge in [-0.3, -0.25) is 0 Å². The number of piperidine rings is 5. The number of nitrogens with one attached hydrogen (secondary N) is 5. The number of carbonyl (C=O) groups excluding carboxylic acids is 1. The summed E-state index contributed by atoms with van der Waals surface area (Å²) in [5, 5.41) is 37.2. The van der Waals surface area contributed by atoms with Crippen LogP contribution in [0.15, 0.2) is 140 Å². The number of hydrogen-bond donors (Lipinski definition) is 5. The number of likely N-dealkylation sites (tertiary alicyclic amines) is 4. The van der Waals surface area contributed by atoms with Crippen LogP contribution in [-0.2, 0) is 31.9 Å². The Morgan fingerprint density at radius 1 is 0.468 bits per heavy atom. The molecule has 5 fully saturated rings. The van der Waals surface area contributed by atoms with Gasteiger partial charge >= 0.3 is 0 Å².